The summed E-state index contributed by atoms with van der Waals surface area (Å²) in [5.41, 5.74) is 0.651. The minimum absolute atomic E-state index is 0.146. The molecule has 0 aliphatic heterocycles. The van der Waals surface area contributed by atoms with E-state index in [0.29, 0.717) is 13.2 Å². The van der Waals surface area contributed by atoms with Gasteiger partial charge in [-0.05, 0) is 36.5 Å². The molecule has 25 heavy (non-hydrogen) atoms. The first kappa shape index (κ1) is 22.1. The lowest BCUT2D eigenvalue weighted by Crippen LogP contribution is -2.46. The molecule has 1 aromatic carbocycles. The van der Waals surface area contributed by atoms with Gasteiger partial charge in [-0.3, -0.25) is 4.79 Å². The van der Waals surface area contributed by atoms with Crippen LogP contribution in [-0.4, -0.2) is 27.3 Å². The first-order valence-corrected chi connectivity index (χ1v) is 12.3. The van der Waals surface area contributed by atoms with Gasteiger partial charge in [0.15, 0.2) is 14.1 Å². The number of Topliss-reactive ketones (excluding diaryl/α,β-unsaturated/α-hetero) is 1. The van der Waals surface area contributed by atoms with Crippen LogP contribution in [0.25, 0.3) is 0 Å². The van der Waals surface area contributed by atoms with Crippen LogP contribution in [-0.2, 0) is 20.6 Å². The van der Waals surface area contributed by atoms with Crippen molar-refractivity contribution in [3.63, 3.8) is 0 Å². The molecule has 0 fully saturated rings. The molecule has 3 nitrogen and oxygen atoms in total. The molecular formula is C21H36O3Si. The molecule has 0 spiro atoms. The molecule has 0 N–H and O–H groups in total. The maximum absolute atomic E-state index is 12.9. The maximum Gasteiger partial charge on any atom is 0.192 e. The molecule has 0 atom stereocenters. The molecule has 142 valence electrons. The predicted octanol–water partition coefficient (Wildman–Crippen LogP) is 5.60. The third kappa shape index (κ3) is 6.05. The smallest absolute Gasteiger partial charge is 0.192 e. The van der Waals surface area contributed by atoms with Crippen molar-refractivity contribution in [2.24, 2.45) is 5.41 Å². The fraction of sp³-hybridized carbons (Fsp3) is 0.667. The average Bonchev–Trinajstić information content (AvgIpc) is 2.56. The Bertz CT molecular complexity index is 528. The number of rotatable bonds is 10. The Morgan fingerprint density at radius 3 is 2.08 bits per heavy atom. The average molecular weight is 365 g/mol. The van der Waals surface area contributed by atoms with E-state index in [1.54, 1.807) is 0 Å². The predicted molar refractivity (Wildman–Crippen MR) is 107 cm³/mol. The number of benzene rings is 1. The zero-order chi connectivity index (χ0) is 19.1. The Balaban J connectivity index is 2.68. The Labute approximate surface area is 155 Å². The standard InChI is InChI=1S/C21H36O3Si/c1-8-21(9-2,17-24-25(6,7)20(3,4)5)19(22)16-23-15-18-13-11-10-12-14-18/h10-14H,8-9,15-17H2,1-7H3. The van der Waals surface area contributed by atoms with Crippen LogP contribution in [0.15, 0.2) is 30.3 Å². The minimum atomic E-state index is -1.87. The monoisotopic (exact) mass is 364 g/mol. The minimum Gasteiger partial charge on any atom is -0.416 e. The number of hydrogen-bond donors (Lipinski definition) is 0. The molecule has 0 saturated carbocycles. The van der Waals surface area contributed by atoms with Gasteiger partial charge in [-0.25, -0.2) is 0 Å². The molecule has 0 bridgehead atoms. The zero-order valence-corrected chi connectivity index (χ0v) is 18.1. The summed E-state index contributed by atoms with van der Waals surface area (Å²) in [7, 11) is -1.87. The molecule has 0 heterocycles. The summed E-state index contributed by atoms with van der Waals surface area (Å²) in [6.45, 7) is 16.4. The van der Waals surface area contributed by atoms with Crippen molar-refractivity contribution in [3.8, 4) is 0 Å². The number of ketones is 1. The van der Waals surface area contributed by atoms with Crippen molar-refractivity contribution < 1.29 is 14.0 Å². The summed E-state index contributed by atoms with van der Waals surface area (Å²) in [5, 5.41) is 0.146. The summed E-state index contributed by atoms with van der Waals surface area (Å²) >= 11 is 0. The van der Waals surface area contributed by atoms with E-state index in [1.807, 2.05) is 30.3 Å². The van der Waals surface area contributed by atoms with Gasteiger partial charge in [-0.15, -0.1) is 0 Å². The van der Waals surface area contributed by atoms with Crippen LogP contribution in [0.5, 0.6) is 0 Å². The molecule has 0 aromatic heterocycles. The van der Waals surface area contributed by atoms with E-state index < -0.39 is 13.7 Å². The topological polar surface area (TPSA) is 35.5 Å². The Morgan fingerprint density at radius 1 is 1.04 bits per heavy atom. The second-order valence-electron chi connectivity index (χ2n) is 8.44. The van der Waals surface area contributed by atoms with Gasteiger partial charge in [0.25, 0.3) is 0 Å². The summed E-state index contributed by atoms with van der Waals surface area (Å²) < 4.78 is 12.1. The number of hydrogen-bond acceptors (Lipinski definition) is 3. The van der Waals surface area contributed by atoms with Gasteiger partial charge in [0, 0.05) is 6.61 Å². The van der Waals surface area contributed by atoms with Crippen molar-refractivity contribution in [2.45, 2.75) is 72.2 Å². The van der Waals surface area contributed by atoms with E-state index in [2.05, 4.69) is 47.7 Å². The summed E-state index contributed by atoms with van der Waals surface area (Å²) in [4.78, 5) is 12.9. The fourth-order valence-corrected chi connectivity index (χ4v) is 3.52. The Kier molecular flexibility index (Phi) is 8.04. The van der Waals surface area contributed by atoms with Gasteiger partial charge in [0.2, 0.25) is 0 Å². The summed E-state index contributed by atoms with van der Waals surface area (Å²) in [6.07, 6.45) is 1.57. The number of carbonyl (C=O) groups is 1. The van der Waals surface area contributed by atoms with E-state index in [1.165, 1.54) is 0 Å². The van der Waals surface area contributed by atoms with Crippen LogP contribution in [0, 0.1) is 5.41 Å². The van der Waals surface area contributed by atoms with E-state index in [-0.39, 0.29) is 17.4 Å². The van der Waals surface area contributed by atoms with Crippen LogP contribution in [0.2, 0.25) is 18.1 Å². The van der Waals surface area contributed by atoms with Gasteiger partial charge in [-0.1, -0.05) is 65.0 Å². The normalized spacial score (nSPS) is 13.1. The van der Waals surface area contributed by atoms with Gasteiger partial charge in [0.1, 0.15) is 6.61 Å². The van der Waals surface area contributed by atoms with Crippen LogP contribution in [0.3, 0.4) is 0 Å². The van der Waals surface area contributed by atoms with Crippen LogP contribution in [0.4, 0.5) is 0 Å². The van der Waals surface area contributed by atoms with Crippen LogP contribution >= 0.6 is 0 Å². The van der Waals surface area contributed by atoms with Gasteiger partial charge < -0.3 is 9.16 Å². The van der Waals surface area contributed by atoms with E-state index >= 15 is 0 Å². The van der Waals surface area contributed by atoms with E-state index in [0.717, 1.165) is 18.4 Å². The molecule has 1 rings (SSSR count). The lowest BCUT2D eigenvalue weighted by atomic mass is 9.79. The van der Waals surface area contributed by atoms with E-state index in [9.17, 15) is 4.79 Å². The fourth-order valence-electron chi connectivity index (χ4n) is 2.45. The molecule has 0 saturated heterocycles. The first-order chi connectivity index (χ1) is 11.6. The SMILES string of the molecule is CCC(CC)(CO[Si](C)(C)C(C)(C)C)C(=O)COCc1ccccc1. The maximum atomic E-state index is 12.9. The lowest BCUT2D eigenvalue weighted by Gasteiger charge is -2.40. The second kappa shape index (κ2) is 9.11. The highest BCUT2D eigenvalue weighted by Crippen LogP contribution is 2.39. The van der Waals surface area contributed by atoms with Crippen molar-refractivity contribution >= 4 is 14.1 Å². The van der Waals surface area contributed by atoms with Crippen LogP contribution in [0.1, 0.15) is 53.0 Å². The molecule has 0 aliphatic carbocycles. The van der Waals surface area contributed by atoms with Crippen molar-refractivity contribution in [3.05, 3.63) is 35.9 Å². The van der Waals surface area contributed by atoms with Crippen LogP contribution < -0.4 is 0 Å². The molecule has 0 aliphatic rings. The quantitative estimate of drug-likeness (QED) is 0.507. The largest absolute Gasteiger partial charge is 0.416 e. The molecule has 0 unspecified atom stereocenters. The highest BCUT2D eigenvalue weighted by Gasteiger charge is 2.42. The molecular weight excluding hydrogens is 328 g/mol. The molecule has 0 amide bonds. The zero-order valence-electron chi connectivity index (χ0n) is 17.1. The third-order valence-electron chi connectivity index (χ3n) is 5.81. The van der Waals surface area contributed by atoms with Crippen molar-refractivity contribution in [1.82, 2.24) is 0 Å². The second-order valence-corrected chi connectivity index (χ2v) is 13.2. The van der Waals surface area contributed by atoms with E-state index in [4.69, 9.17) is 9.16 Å². The highest BCUT2D eigenvalue weighted by atomic mass is 28.4. The van der Waals surface area contributed by atoms with Gasteiger partial charge in [0.05, 0.1) is 12.0 Å². The number of ether oxygens (including phenoxy) is 1. The molecule has 1 aromatic rings. The lowest BCUT2D eigenvalue weighted by molar-refractivity contribution is -0.136. The Hall–Kier alpha value is -0.973. The summed E-state index contributed by atoms with van der Waals surface area (Å²) in [5.74, 6) is 0.159. The summed E-state index contributed by atoms with van der Waals surface area (Å²) in [6, 6.07) is 9.97. The molecule has 0 radical (unpaired) electrons. The molecule has 4 heteroatoms. The number of carbonyl (C=O) groups excluding carboxylic acids is 1. The highest BCUT2D eigenvalue weighted by molar-refractivity contribution is 6.74. The third-order valence-corrected chi connectivity index (χ3v) is 10.3. The van der Waals surface area contributed by atoms with Crippen molar-refractivity contribution in [1.29, 1.82) is 0 Å². The Morgan fingerprint density at radius 2 is 1.60 bits per heavy atom. The van der Waals surface area contributed by atoms with Crippen molar-refractivity contribution in [2.75, 3.05) is 13.2 Å². The van der Waals surface area contributed by atoms with Gasteiger partial charge >= 0.3 is 0 Å². The van der Waals surface area contributed by atoms with Gasteiger partial charge in [-0.2, -0.15) is 0 Å². The first-order valence-electron chi connectivity index (χ1n) is 9.37.